The van der Waals surface area contributed by atoms with Gasteiger partial charge in [-0.3, -0.25) is 48.5 Å². The number of Topliss-reactive ketones (excluding diaryl/α,β-unsaturated/α-hetero) is 1. The van der Waals surface area contributed by atoms with E-state index in [9.17, 15) is 51.9 Å². The maximum Gasteiger partial charge on any atom is 0.270 e. The standard InChI is InChI=1S/C63H69F2N7O9/c1-39(40-23-25-44(26-24-40)63(2,64)65)35-58(77)68-51-29-27-45(67-56(75)22-13-5-3-4-8-19-43-20-14-21-47-49(43)38-71(61(47)80)52-32-34-57(76)70-59(52)78)36-46-28-31-53(72(46)62(51)81)60(79)69-50(30-33-55(66)74)54(73)37-48(41-15-9-6-10-16-41)42-17-11-7-12-18-42/h6-7,9-12,14-18,20-21,23-26,35,45-46,48,50-53H,3-5,13,22,27-34,36-38H2,1-2H3,(H2,66,74)(H,67,75)(H,68,77)(H,69,79)(H,70,76,78)/b39-35+/t45-,46-,50+,51+,52?,53+/m1/s1. The molecule has 8 rings (SSSR count). The number of carbonyl (C=O) groups excluding carboxylic acids is 9. The fourth-order valence-electron chi connectivity index (χ4n) is 11.5. The summed E-state index contributed by atoms with van der Waals surface area (Å²) in [6.45, 7) is 2.66. The summed E-state index contributed by atoms with van der Waals surface area (Å²) in [6, 6.07) is 24.8. The second kappa shape index (κ2) is 26.8. The summed E-state index contributed by atoms with van der Waals surface area (Å²) in [7, 11) is 0. The Hall–Kier alpha value is -8.33. The Balaban J connectivity index is 0.924. The third-order valence-electron chi connectivity index (χ3n) is 15.8. The predicted molar refractivity (Wildman–Crippen MR) is 298 cm³/mol. The Labute approximate surface area is 470 Å². The van der Waals surface area contributed by atoms with Gasteiger partial charge in [0.05, 0.1) is 6.04 Å². The number of hydrogen-bond acceptors (Lipinski definition) is 9. The Morgan fingerprint density at radius 3 is 2.19 bits per heavy atom. The lowest BCUT2D eigenvalue weighted by atomic mass is 9.85. The van der Waals surface area contributed by atoms with Crippen LogP contribution in [0.2, 0.25) is 0 Å². The van der Waals surface area contributed by atoms with Crippen LogP contribution in [0.15, 0.2) is 109 Å². The second-order valence-corrected chi connectivity index (χ2v) is 21.6. The van der Waals surface area contributed by atoms with E-state index in [1.807, 2.05) is 66.7 Å². The van der Waals surface area contributed by atoms with Crippen LogP contribution in [0, 0.1) is 11.8 Å². The number of imide groups is 1. The molecule has 4 aromatic carbocycles. The molecular formula is C63H69F2N7O9. The Morgan fingerprint density at radius 2 is 1.52 bits per heavy atom. The van der Waals surface area contributed by atoms with Crippen LogP contribution in [0.4, 0.5) is 8.78 Å². The van der Waals surface area contributed by atoms with E-state index < -0.39 is 71.7 Å². The van der Waals surface area contributed by atoms with E-state index in [-0.39, 0.29) is 92.9 Å². The maximum absolute atomic E-state index is 14.8. The van der Waals surface area contributed by atoms with Crippen molar-refractivity contribution in [1.82, 2.24) is 31.1 Å². The van der Waals surface area contributed by atoms with Crippen LogP contribution in [-0.2, 0) is 50.8 Å². The second-order valence-electron chi connectivity index (χ2n) is 21.6. The lowest BCUT2D eigenvalue weighted by Gasteiger charge is -2.38. The molecule has 16 nitrogen and oxygen atoms in total. The van der Waals surface area contributed by atoms with Crippen molar-refractivity contribution in [2.24, 2.45) is 5.73 Å². The first-order valence-corrected chi connectivity index (χ1v) is 27.9. The normalized spacial score (nSPS) is 20.5. The Kier molecular flexibility index (Phi) is 19.4. The number of nitrogens with two attached hydrogens (primary N) is 1. The number of halogens is 2. The van der Waals surface area contributed by atoms with Crippen molar-refractivity contribution in [3.8, 4) is 11.8 Å². The summed E-state index contributed by atoms with van der Waals surface area (Å²) in [5.41, 5.74) is 10.1. The number of allylic oxidation sites excluding steroid dienone is 1. The van der Waals surface area contributed by atoms with Crippen molar-refractivity contribution < 1.29 is 51.9 Å². The molecule has 1 unspecified atom stereocenters. The van der Waals surface area contributed by atoms with Gasteiger partial charge in [-0.2, -0.15) is 0 Å². The summed E-state index contributed by atoms with van der Waals surface area (Å²) in [5.74, 6) is -1.07. The number of nitrogens with one attached hydrogen (secondary N) is 4. The molecular weight excluding hydrogens is 1040 g/mol. The number of alkyl halides is 2. The third-order valence-corrected chi connectivity index (χ3v) is 15.8. The summed E-state index contributed by atoms with van der Waals surface area (Å²) in [6.07, 6.45) is 5.51. The van der Waals surface area contributed by atoms with Gasteiger partial charge in [-0.05, 0) is 105 Å². The zero-order valence-corrected chi connectivity index (χ0v) is 45.6. The molecule has 4 aliphatic heterocycles. The number of nitrogens with zero attached hydrogens (tertiary/aromatic N) is 2. The minimum Gasteiger partial charge on any atom is -0.370 e. The zero-order chi connectivity index (χ0) is 57.8. The molecule has 0 aliphatic carbocycles. The lowest BCUT2D eigenvalue weighted by molar-refractivity contribution is -0.144. The minimum absolute atomic E-state index is 0.00470. The molecule has 81 heavy (non-hydrogen) atoms. The van der Waals surface area contributed by atoms with E-state index in [0.717, 1.165) is 23.6 Å². The first kappa shape index (κ1) is 58.8. The Morgan fingerprint density at radius 1 is 0.815 bits per heavy atom. The van der Waals surface area contributed by atoms with E-state index in [0.29, 0.717) is 67.2 Å². The highest BCUT2D eigenvalue weighted by molar-refractivity contribution is 6.06. The number of primary amides is 1. The third kappa shape index (κ3) is 15.1. The average molecular weight is 1110 g/mol. The summed E-state index contributed by atoms with van der Waals surface area (Å²) in [4.78, 5) is 124. The molecule has 0 radical (unpaired) electrons. The van der Waals surface area contributed by atoms with Crippen LogP contribution in [-0.4, -0.2) is 99.1 Å². The fraction of sp³-hybridized carbons (Fsp3) is 0.413. The summed E-state index contributed by atoms with van der Waals surface area (Å²) >= 11 is 0. The quantitative estimate of drug-likeness (QED) is 0.0249. The molecule has 8 amide bonds. The maximum atomic E-state index is 14.8. The number of piperidine rings is 1. The number of rotatable bonds is 21. The summed E-state index contributed by atoms with van der Waals surface area (Å²) < 4.78 is 28.0. The molecule has 3 saturated heterocycles. The van der Waals surface area contributed by atoms with Gasteiger partial charge in [-0.1, -0.05) is 109 Å². The molecule has 4 aromatic rings. The van der Waals surface area contributed by atoms with Gasteiger partial charge < -0.3 is 31.5 Å². The number of amides is 8. The molecule has 424 valence electrons. The van der Waals surface area contributed by atoms with Gasteiger partial charge in [0.25, 0.3) is 11.8 Å². The molecule has 4 heterocycles. The molecule has 0 spiro atoms. The van der Waals surface area contributed by atoms with Gasteiger partial charge in [-0.15, -0.1) is 0 Å². The van der Waals surface area contributed by atoms with Crippen LogP contribution < -0.4 is 27.0 Å². The first-order chi connectivity index (χ1) is 38.8. The Bertz CT molecular complexity index is 3080. The van der Waals surface area contributed by atoms with Crippen LogP contribution in [0.1, 0.15) is 160 Å². The van der Waals surface area contributed by atoms with Crippen molar-refractivity contribution in [3.63, 3.8) is 0 Å². The molecule has 3 fully saturated rings. The van der Waals surface area contributed by atoms with Crippen molar-refractivity contribution in [3.05, 3.63) is 148 Å². The first-order valence-electron chi connectivity index (χ1n) is 27.9. The van der Waals surface area contributed by atoms with Crippen LogP contribution in [0.5, 0.6) is 0 Å². The largest absolute Gasteiger partial charge is 0.370 e. The number of ketones is 1. The van der Waals surface area contributed by atoms with E-state index in [4.69, 9.17) is 5.73 Å². The van der Waals surface area contributed by atoms with E-state index in [1.54, 1.807) is 19.1 Å². The van der Waals surface area contributed by atoms with Gasteiger partial charge in [0.2, 0.25) is 41.4 Å². The van der Waals surface area contributed by atoms with Gasteiger partial charge in [0.15, 0.2) is 5.78 Å². The van der Waals surface area contributed by atoms with Crippen molar-refractivity contribution >= 4 is 58.6 Å². The molecule has 0 aromatic heterocycles. The monoisotopic (exact) mass is 1110 g/mol. The van der Waals surface area contributed by atoms with Crippen LogP contribution in [0.25, 0.3) is 5.57 Å². The molecule has 4 aliphatic rings. The van der Waals surface area contributed by atoms with Crippen LogP contribution >= 0.6 is 0 Å². The smallest absolute Gasteiger partial charge is 0.270 e. The van der Waals surface area contributed by atoms with E-state index >= 15 is 0 Å². The van der Waals surface area contributed by atoms with Crippen molar-refractivity contribution in [2.45, 2.75) is 165 Å². The van der Waals surface area contributed by atoms with Crippen molar-refractivity contribution in [2.75, 3.05) is 0 Å². The predicted octanol–water partition coefficient (Wildman–Crippen LogP) is 7.02. The fourth-order valence-corrected chi connectivity index (χ4v) is 11.5. The highest BCUT2D eigenvalue weighted by atomic mass is 19.3. The number of hydrogen-bond donors (Lipinski definition) is 5. The molecule has 6 N–H and O–H groups in total. The summed E-state index contributed by atoms with van der Waals surface area (Å²) in [5, 5.41) is 11.2. The molecule has 0 bridgehead atoms. The van der Waals surface area contributed by atoms with Crippen LogP contribution in [0.3, 0.4) is 0 Å². The number of carbonyl (C=O) groups is 9. The van der Waals surface area contributed by atoms with Gasteiger partial charge >= 0.3 is 0 Å². The SMILES string of the molecule is C/C(=C\C(=O)N[C@H]1CC[C@@H](NC(=O)CCCCCC#Cc2cccc3c2CN(C2CCC(=O)NC2=O)C3=O)C[C@H]2CC[C@@H](C(=O)N[C@@H](CCC(N)=O)C(=O)CC(c3ccccc3)c3ccccc3)N2C1=O)c1ccc(C(C)(F)F)cc1. The molecule has 6 atom stereocenters. The van der Waals surface area contributed by atoms with Gasteiger partial charge in [0, 0.05) is 86.3 Å². The van der Waals surface area contributed by atoms with Crippen molar-refractivity contribution in [1.29, 1.82) is 0 Å². The number of unbranched alkanes of at least 4 members (excludes halogenated alkanes) is 3. The number of benzene rings is 4. The molecule has 0 saturated carbocycles. The zero-order valence-electron chi connectivity index (χ0n) is 45.6. The highest BCUT2D eigenvalue weighted by Gasteiger charge is 2.46. The topological polar surface area (TPSA) is 234 Å². The lowest BCUT2D eigenvalue weighted by Crippen LogP contribution is -2.59. The molecule has 18 heteroatoms. The van der Waals surface area contributed by atoms with Gasteiger partial charge in [0.1, 0.15) is 18.1 Å². The minimum atomic E-state index is -3.05. The van der Waals surface area contributed by atoms with Gasteiger partial charge in [-0.25, -0.2) is 8.78 Å². The number of fused-ring (bicyclic) bond motifs is 2. The van der Waals surface area contributed by atoms with E-state index in [2.05, 4.69) is 33.1 Å². The highest BCUT2D eigenvalue weighted by Crippen LogP contribution is 2.35. The van der Waals surface area contributed by atoms with E-state index in [1.165, 1.54) is 40.1 Å². The average Bonchev–Trinajstić information content (AvgIpc) is 4.04.